The molecule has 2 aromatic rings. The van der Waals surface area contributed by atoms with Gasteiger partial charge in [-0.3, -0.25) is 8.99 Å². The average molecular weight is 461 g/mol. The molecule has 0 radical (unpaired) electrons. The van der Waals surface area contributed by atoms with E-state index in [4.69, 9.17) is 4.74 Å². The van der Waals surface area contributed by atoms with E-state index in [-0.39, 0.29) is 37.2 Å². The molecule has 1 aromatic carbocycles. The van der Waals surface area contributed by atoms with Gasteiger partial charge in [-0.2, -0.15) is 5.10 Å². The van der Waals surface area contributed by atoms with Crippen molar-refractivity contribution in [2.45, 2.75) is 26.1 Å². The summed E-state index contributed by atoms with van der Waals surface area (Å²) in [4.78, 5) is 14.1. The molecule has 1 aliphatic heterocycles. The molecule has 1 aromatic heterocycles. The van der Waals surface area contributed by atoms with Crippen LogP contribution in [0.15, 0.2) is 18.3 Å². The minimum atomic E-state index is -3.68. The van der Waals surface area contributed by atoms with E-state index in [0.717, 1.165) is 4.31 Å². The van der Waals surface area contributed by atoms with Crippen LogP contribution in [-0.4, -0.2) is 61.7 Å². The first-order valence-corrected chi connectivity index (χ1v) is 10.9. The van der Waals surface area contributed by atoms with Crippen molar-refractivity contribution in [3.63, 3.8) is 0 Å². The Morgan fingerprint density at radius 3 is 2.58 bits per heavy atom. The molecule has 2 heterocycles. The highest BCUT2D eigenvalue weighted by Crippen LogP contribution is 2.28. The van der Waals surface area contributed by atoms with Crippen LogP contribution in [0.3, 0.4) is 0 Å². The van der Waals surface area contributed by atoms with Gasteiger partial charge in [-0.05, 0) is 6.92 Å². The van der Waals surface area contributed by atoms with E-state index in [1.165, 1.54) is 25.3 Å². The number of methoxy groups -OCH3 is 1. The molecule has 31 heavy (non-hydrogen) atoms. The highest BCUT2D eigenvalue weighted by atomic mass is 32.2. The van der Waals surface area contributed by atoms with Crippen molar-refractivity contribution in [3.8, 4) is 0 Å². The summed E-state index contributed by atoms with van der Waals surface area (Å²) in [6, 6.07) is 0.319. The zero-order valence-corrected chi connectivity index (χ0v) is 17.9. The van der Waals surface area contributed by atoms with E-state index in [2.05, 4.69) is 10.4 Å². The molecule has 0 spiro atoms. The van der Waals surface area contributed by atoms with Crippen molar-refractivity contribution in [2.75, 3.05) is 36.1 Å². The van der Waals surface area contributed by atoms with Crippen LogP contribution in [0.25, 0.3) is 0 Å². The Kier molecular flexibility index (Phi) is 6.46. The third kappa shape index (κ3) is 4.61. The van der Waals surface area contributed by atoms with Crippen LogP contribution in [0, 0.1) is 17.5 Å². The lowest BCUT2D eigenvalue weighted by Gasteiger charge is -2.35. The SMILES string of the molecule is COCCS(=O)(=O)N(C)c1cnn2c1CN(C(=O)Nc1cc(F)c(F)c(F)c1)[C@@H](C)C2. The second-order valence-electron chi connectivity index (χ2n) is 7.10. The summed E-state index contributed by atoms with van der Waals surface area (Å²) in [6.07, 6.45) is 1.40. The van der Waals surface area contributed by atoms with Crippen LogP contribution >= 0.6 is 0 Å². The van der Waals surface area contributed by atoms with Crippen LogP contribution in [0.1, 0.15) is 12.6 Å². The van der Waals surface area contributed by atoms with Crippen molar-refractivity contribution in [1.29, 1.82) is 0 Å². The summed E-state index contributed by atoms with van der Waals surface area (Å²) in [5.41, 5.74) is 0.542. The Morgan fingerprint density at radius 2 is 1.97 bits per heavy atom. The van der Waals surface area contributed by atoms with Crippen LogP contribution in [0.5, 0.6) is 0 Å². The number of ether oxygens (including phenoxy) is 1. The quantitative estimate of drug-likeness (QED) is 0.665. The Labute approximate surface area is 177 Å². The van der Waals surface area contributed by atoms with Gasteiger partial charge in [0, 0.05) is 32.0 Å². The largest absolute Gasteiger partial charge is 0.384 e. The predicted octanol–water partition coefficient (Wildman–Crippen LogP) is 2.15. The number of nitrogens with zero attached hydrogens (tertiary/aromatic N) is 4. The maximum absolute atomic E-state index is 13.4. The van der Waals surface area contributed by atoms with Gasteiger partial charge < -0.3 is 15.0 Å². The maximum Gasteiger partial charge on any atom is 0.322 e. The van der Waals surface area contributed by atoms with E-state index < -0.39 is 33.5 Å². The number of halogens is 3. The molecule has 3 rings (SSSR count). The summed E-state index contributed by atoms with van der Waals surface area (Å²) >= 11 is 0. The normalized spacial score (nSPS) is 16.2. The van der Waals surface area contributed by atoms with Crippen molar-refractivity contribution < 1.29 is 31.1 Å². The van der Waals surface area contributed by atoms with Crippen LogP contribution in [0.4, 0.5) is 29.3 Å². The fourth-order valence-corrected chi connectivity index (χ4v) is 4.32. The highest BCUT2D eigenvalue weighted by Gasteiger charge is 2.32. The molecule has 13 heteroatoms. The molecule has 0 saturated heterocycles. The van der Waals surface area contributed by atoms with Crippen molar-refractivity contribution in [3.05, 3.63) is 41.5 Å². The number of hydrogen-bond acceptors (Lipinski definition) is 5. The molecular weight excluding hydrogens is 439 g/mol. The maximum atomic E-state index is 13.4. The molecule has 0 unspecified atom stereocenters. The lowest BCUT2D eigenvalue weighted by atomic mass is 10.2. The molecule has 9 nitrogen and oxygen atoms in total. The Balaban J connectivity index is 1.82. The Morgan fingerprint density at radius 1 is 1.32 bits per heavy atom. The van der Waals surface area contributed by atoms with Crippen molar-refractivity contribution in [1.82, 2.24) is 14.7 Å². The zero-order valence-electron chi connectivity index (χ0n) is 17.1. The van der Waals surface area contributed by atoms with E-state index in [1.807, 2.05) is 0 Å². The van der Waals surface area contributed by atoms with Gasteiger partial charge in [-0.15, -0.1) is 0 Å². The van der Waals surface area contributed by atoms with Crippen LogP contribution in [-0.2, 0) is 27.8 Å². The van der Waals surface area contributed by atoms with E-state index in [1.54, 1.807) is 11.6 Å². The second kappa shape index (κ2) is 8.75. The Bertz CT molecular complexity index is 1070. The summed E-state index contributed by atoms with van der Waals surface area (Å²) in [5.74, 6) is -4.71. The third-order valence-corrected chi connectivity index (χ3v) is 6.73. The number of hydrogen-bond donors (Lipinski definition) is 1. The number of urea groups is 1. The first kappa shape index (κ1) is 22.9. The van der Waals surface area contributed by atoms with Gasteiger partial charge in [0.25, 0.3) is 0 Å². The van der Waals surface area contributed by atoms with Gasteiger partial charge in [-0.25, -0.2) is 26.4 Å². The van der Waals surface area contributed by atoms with Gasteiger partial charge in [0.15, 0.2) is 17.5 Å². The van der Waals surface area contributed by atoms with Gasteiger partial charge in [0.2, 0.25) is 10.0 Å². The topological polar surface area (TPSA) is 96.8 Å². The number of aromatic nitrogens is 2. The fraction of sp³-hybridized carbons (Fsp3) is 0.444. The summed E-state index contributed by atoms with van der Waals surface area (Å²) in [5, 5.41) is 6.56. The van der Waals surface area contributed by atoms with Crippen LogP contribution in [0.2, 0.25) is 0 Å². The van der Waals surface area contributed by atoms with Gasteiger partial charge in [-0.1, -0.05) is 0 Å². The number of anilines is 2. The number of amides is 2. The first-order valence-electron chi connectivity index (χ1n) is 9.27. The molecule has 1 atom stereocenters. The van der Waals surface area contributed by atoms with E-state index in [0.29, 0.717) is 23.5 Å². The number of benzene rings is 1. The van der Waals surface area contributed by atoms with Gasteiger partial charge in [0.1, 0.15) is 0 Å². The predicted molar refractivity (Wildman–Crippen MR) is 107 cm³/mol. The van der Waals surface area contributed by atoms with Gasteiger partial charge in [0.05, 0.1) is 49.1 Å². The number of sulfonamides is 1. The highest BCUT2D eigenvalue weighted by molar-refractivity contribution is 7.92. The Hall–Kier alpha value is -2.80. The molecule has 1 aliphatic rings. The summed E-state index contributed by atoms with van der Waals surface area (Å²) < 4.78 is 72.6. The molecule has 1 N–H and O–H groups in total. The number of rotatable bonds is 6. The molecule has 170 valence electrons. The van der Waals surface area contributed by atoms with E-state index >= 15 is 0 Å². The van der Waals surface area contributed by atoms with E-state index in [9.17, 15) is 26.4 Å². The second-order valence-corrected chi connectivity index (χ2v) is 9.22. The third-order valence-electron chi connectivity index (χ3n) is 5.01. The molecule has 0 bridgehead atoms. The number of carbonyl (C=O) groups is 1. The lowest BCUT2D eigenvalue weighted by Crippen LogP contribution is -2.47. The summed E-state index contributed by atoms with van der Waals surface area (Å²) in [7, 11) is -0.894. The molecule has 0 saturated carbocycles. The van der Waals surface area contributed by atoms with Crippen molar-refractivity contribution in [2.24, 2.45) is 0 Å². The lowest BCUT2D eigenvalue weighted by molar-refractivity contribution is 0.162. The molecular formula is C18H22F3N5O4S. The average Bonchev–Trinajstić information content (AvgIpc) is 3.11. The first-order chi connectivity index (χ1) is 14.5. The minimum Gasteiger partial charge on any atom is -0.384 e. The standard InChI is InChI=1S/C18H22F3N5O4S/c1-11-9-26-16(15(8-22-26)24(2)31(28,29)5-4-30-3)10-25(11)18(27)23-12-6-13(19)17(21)14(20)7-12/h6-8,11H,4-5,9-10H2,1-3H3,(H,23,27)/t11-/m0/s1. The fourth-order valence-electron chi connectivity index (χ4n) is 3.22. The summed E-state index contributed by atoms with van der Waals surface area (Å²) in [6.45, 7) is 2.04. The minimum absolute atomic E-state index is 0.00136. The number of nitrogens with one attached hydrogen (secondary N) is 1. The molecule has 2 amide bonds. The molecule has 0 fully saturated rings. The molecule has 0 aliphatic carbocycles. The van der Waals surface area contributed by atoms with Crippen LogP contribution < -0.4 is 9.62 Å². The van der Waals surface area contributed by atoms with Gasteiger partial charge >= 0.3 is 6.03 Å². The monoisotopic (exact) mass is 461 g/mol. The smallest absolute Gasteiger partial charge is 0.322 e. The van der Waals surface area contributed by atoms with Crippen molar-refractivity contribution >= 4 is 27.4 Å². The number of carbonyl (C=O) groups excluding carboxylic acids is 1. The number of fused-ring (bicyclic) bond motifs is 1. The zero-order chi connectivity index (χ0) is 22.9.